The molecule has 5 heteroatoms. The molecular formula is C15H14Br2N2O. The minimum atomic E-state index is -0.160. The maximum atomic E-state index is 12.3. The van der Waals surface area contributed by atoms with E-state index in [1.54, 1.807) is 18.2 Å². The van der Waals surface area contributed by atoms with Crippen molar-refractivity contribution < 1.29 is 4.79 Å². The summed E-state index contributed by atoms with van der Waals surface area (Å²) in [6.07, 6.45) is 0. The van der Waals surface area contributed by atoms with Gasteiger partial charge in [-0.05, 0) is 46.6 Å². The molecule has 0 bridgehead atoms. The summed E-state index contributed by atoms with van der Waals surface area (Å²) in [7, 11) is 0. The Morgan fingerprint density at radius 3 is 2.55 bits per heavy atom. The van der Waals surface area contributed by atoms with Crippen molar-refractivity contribution in [2.45, 2.75) is 13.0 Å². The summed E-state index contributed by atoms with van der Waals surface area (Å²) in [6, 6.07) is 13.0. The molecule has 1 amide bonds. The van der Waals surface area contributed by atoms with Crippen molar-refractivity contribution in [3.05, 3.63) is 62.5 Å². The van der Waals surface area contributed by atoms with Crippen LogP contribution in [0.4, 0.5) is 5.69 Å². The number of anilines is 1. The van der Waals surface area contributed by atoms with Crippen LogP contribution in [0.25, 0.3) is 0 Å². The summed E-state index contributed by atoms with van der Waals surface area (Å²) in [5.41, 5.74) is 7.90. The van der Waals surface area contributed by atoms with Gasteiger partial charge in [0.2, 0.25) is 0 Å². The fraction of sp³-hybridized carbons (Fsp3) is 0.133. The van der Waals surface area contributed by atoms with Gasteiger partial charge in [-0.2, -0.15) is 0 Å². The molecular weight excluding hydrogens is 384 g/mol. The van der Waals surface area contributed by atoms with Gasteiger partial charge in [0.25, 0.3) is 5.91 Å². The molecule has 0 aliphatic heterocycles. The number of carbonyl (C=O) groups excluding carboxylic acids is 1. The van der Waals surface area contributed by atoms with Gasteiger partial charge >= 0.3 is 0 Å². The van der Waals surface area contributed by atoms with E-state index < -0.39 is 0 Å². The Kier molecular flexibility index (Phi) is 4.83. The van der Waals surface area contributed by atoms with Crippen LogP contribution in [-0.2, 0) is 0 Å². The highest BCUT2D eigenvalue weighted by atomic mass is 79.9. The Bertz CT molecular complexity index is 644. The Morgan fingerprint density at radius 1 is 1.15 bits per heavy atom. The first-order chi connectivity index (χ1) is 9.50. The molecule has 0 saturated carbocycles. The number of hydrogen-bond acceptors (Lipinski definition) is 2. The summed E-state index contributed by atoms with van der Waals surface area (Å²) in [4.78, 5) is 12.3. The number of amides is 1. The number of carbonyl (C=O) groups is 1. The predicted molar refractivity (Wildman–Crippen MR) is 88.6 cm³/mol. The monoisotopic (exact) mass is 396 g/mol. The molecule has 0 saturated heterocycles. The van der Waals surface area contributed by atoms with Crippen molar-refractivity contribution in [1.82, 2.24) is 5.32 Å². The predicted octanol–water partition coefficient (Wildman–Crippen LogP) is 4.28. The van der Waals surface area contributed by atoms with E-state index in [9.17, 15) is 4.79 Å². The van der Waals surface area contributed by atoms with E-state index >= 15 is 0 Å². The maximum absolute atomic E-state index is 12.3. The van der Waals surface area contributed by atoms with Gasteiger partial charge < -0.3 is 11.1 Å². The van der Waals surface area contributed by atoms with Gasteiger partial charge in [-0.25, -0.2) is 0 Å². The van der Waals surface area contributed by atoms with Crippen LogP contribution in [0.15, 0.2) is 51.4 Å². The van der Waals surface area contributed by atoms with Gasteiger partial charge in [-0.1, -0.05) is 40.2 Å². The van der Waals surface area contributed by atoms with Gasteiger partial charge in [0.1, 0.15) is 0 Å². The van der Waals surface area contributed by atoms with E-state index in [2.05, 4.69) is 37.2 Å². The highest BCUT2D eigenvalue weighted by Gasteiger charge is 2.16. The van der Waals surface area contributed by atoms with Gasteiger partial charge in [0.05, 0.1) is 16.1 Å². The molecule has 0 radical (unpaired) electrons. The third kappa shape index (κ3) is 3.22. The van der Waals surface area contributed by atoms with E-state index in [4.69, 9.17) is 5.73 Å². The standard InChI is InChI=1S/C15H14Br2N2O/c1-9(10-5-2-3-7-12(10)16)19-15(20)11-6-4-8-13(18)14(11)17/h2-9H,18H2,1H3,(H,19,20). The van der Waals surface area contributed by atoms with Gasteiger partial charge in [0, 0.05) is 10.2 Å². The van der Waals surface area contributed by atoms with Crippen LogP contribution in [0.1, 0.15) is 28.9 Å². The largest absolute Gasteiger partial charge is 0.398 e. The summed E-state index contributed by atoms with van der Waals surface area (Å²) in [6.45, 7) is 1.94. The fourth-order valence-corrected chi connectivity index (χ4v) is 2.98. The number of rotatable bonds is 3. The van der Waals surface area contributed by atoms with Crippen LogP contribution in [0, 0.1) is 0 Å². The topological polar surface area (TPSA) is 55.1 Å². The maximum Gasteiger partial charge on any atom is 0.252 e. The number of nitrogens with one attached hydrogen (secondary N) is 1. The van der Waals surface area contributed by atoms with E-state index in [0.29, 0.717) is 15.7 Å². The zero-order valence-corrected chi connectivity index (χ0v) is 14.0. The van der Waals surface area contributed by atoms with Crippen LogP contribution in [-0.4, -0.2) is 5.91 Å². The Hall–Kier alpha value is -1.33. The lowest BCUT2D eigenvalue weighted by Crippen LogP contribution is -2.27. The molecule has 104 valence electrons. The summed E-state index contributed by atoms with van der Waals surface area (Å²) in [5, 5.41) is 2.97. The lowest BCUT2D eigenvalue weighted by molar-refractivity contribution is 0.0939. The molecule has 0 aromatic heterocycles. The van der Waals surface area contributed by atoms with Crippen molar-refractivity contribution >= 4 is 43.5 Å². The van der Waals surface area contributed by atoms with Crippen molar-refractivity contribution in [3.63, 3.8) is 0 Å². The third-order valence-corrected chi connectivity index (χ3v) is 4.60. The normalized spacial score (nSPS) is 11.9. The average molecular weight is 398 g/mol. The van der Waals surface area contributed by atoms with Crippen LogP contribution >= 0.6 is 31.9 Å². The van der Waals surface area contributed by atoms with Crippen molar-refractivity contribution in [3.8, 4) is 0 Å². The molecule has 20 heavy (non-hydrogen) atoms. The van der Waals surface area contributed by atoms with Crippen LogP contribution in [0.2, 0.25) is 0 Å². The Labute approximate surface area is 134 Å². The van der Waals surface area contributed by atoms with Crippen LogP contribution < -0.4 is 11.1 Å². The number of nitrogens with two attached hydrogens (primary N) is 1. The molecule has 0 fully saturated rings. The molecule has 2 aromatic carbocycles. The lowest BCUT2D eigenvalue weighted by atomic mass is 10.1. The quantitative estimate of drug-likeness (QED) is 0.759. The van der Waals surface area contributed by atoms with Gasteiger partial charge in [-0.3, -0.25) is 4.79 Å². The molecule has 1 unspecified atom stereocenters. The van der Waals surface area contributed by atoms with E-state index in [0.717, 1.165) is 10.0 Å². The van der Waals surface area contributed by atoms with E-state index in [1.807, 2.05) is 31.2 Å². The Morgan fingerprint density at radius 2 is 1.85 bits per heavy atom. The van der Waals surface area contributed by atoms with Crippen molar-refractivity contribution in [1.29, 1.82) is 0 Å². The second kappa shape index (κ2) is 6.41. The SMILES string of the molecule is CC(NC(=O)c1cccc(N)c1Br)c1ccccc1Br. The third-order valence-electron chi connectivity index (χ3n) is 2.99. The molecule has 0 heterocycles. The van der Waals surface area contributed by atoms with Crippen LogP contribution in [0.3, 0.4) is 0 Å². The number of benzene rings is 2. The van der Waals surface area contributed by atoms with Gasteiger partial charge in [0.15, 0.2) is 0 Å². The number of nitrogen functional groups attached to an aromatic ring is 1. The van der Waals surface area contributed by atoms with E-state index in [1.165, 1.54) is 0 Å². The van der Waals surface area contributed by atoms with Crippen molar-refractivity contribution in [2.75, 3.05) is 5.73 Å². The second-order valence-electron chi connectivity index (χ2n) is 4.43. The molecule has 0 aliphatic rings. The summed E-state index contributed by atoms with van der Waals surface area (Å²) >= 11 is 6.83. The molecule has 1 atom stereocenters. The molecule has 3 nitrogen and oxygen atoms in total. The first-order valence-electron chi connectivity index (χ1n) is 6.10. The minimum Gasteiger partial charge on any atom is -0.398 e. The molecule has 0 spiro atoms. The minimum absolute atomic E-state index is 0.105. The Balaban J connectivity index is 2.20. The fourth-order valence-electron chi connectivity index (χ4n) is 1.90. The highest BCUT2D eigenvalue weighted by Crippen LogP contribution is 2.26. The van der Waals surface area contributed by atoms with Crippen LogP contribution in [0.5, 0.6) is 0 Å². The molecule has 0 aliphatic carbocycles. The lowest BCUT2D eigenvalue weighted by Gasteiger charge is -2.16. The first kappa shape index (κ1) is 15.1. The summed E-state index contributed by atoms with van der Waals surface area (Å²) < 4.78 is 1.59. The average Bonchev–Trinajstić information content (AvgIpc) is 2.42. The zero-order valence-electron chi connectivity index (χ0n) is 10.9. The van der Waals surface area contributed by atoms with Crippen molar-refractivity contribution in [2.24, 2.45) is 0 Å². The second-order valence-corrected chi connectivity index (χ2v) is 6.07. The van der Waals surface area contributed by atoms with Gasteiger partial charge in [-0.15, -0.1) is 0 Å². The summed E-state index contributed by atoms with van der Waals surface area (Å²) in [5.74, 6) is -0.160. The number of halogens is 2. The zero-order chi connectivity index (χ0) is 14.7. The smallest absolute Gasteiger partial charge is 0.252 e. The molecule has 3 N–H and O–H groups in total. The highest BCUT2D eigenvalue weighted by molar-refractivity contribution is 9.11. The molecule has 2 rings (SSSR count). The number of hydrogen-bond donors (Lipinski definition) is 2. The first-order valence-corrected chi connectivity index (χ1v) is 7.68. The molecule has 2 aromatic rings. The van der Waals surface area contributed by atoms with E-state index in [-0.39, 0.29) is 11.9 Å².